The van der Waals surface area contributed by atoms with Crippen LogP contribution in [-0.2, 0) is 0 Å². The summed E-state index contributed by atoms with van der Waals surface area (Å²) in [6.45, 7) is 0. The highest BCUT2D eigenvalue weighted by Gasteiger charge is 2.06. The van der Waals surface area contributed by atoms with Gasteiger partial charge >= 0.3 is 0 Å². The van der Waals surface area contributed by atoms with Crippen molar-refractivity contribution in [2.75, 3.05) is 0 Å². The van der Waals surface area contributed by atoms with Crippen molar-refractivity contribution in [3.05, 3.63) is 72.2 Å². The second kappa shape index (κ2) is 5.63. The number of halogens is 1. The van der Waals surface area contributed by atoms with Crippen LogP contribution in [0.1, 0.15) is 10.6 Å². The molecule has 0 saturated heterocycles. The molecule has 0 aliphatic carbocycles. The fourth-order valence-electron chi connectivity index (χ4n) is 1.92. The highest BCUT2D eigenvalue weighted by atomic mass is 19.1. The summed E-state index contributed by atoms with van der Waals surface area (Å²) < 4.78 is 23.9. The standard InChI is InChI=1S/C17H11FO3/c18-13-4-6-14(7-5-13)20-15-3-1-2-12(10-15)17-9-8-16(11-19)21-17/h1-11H. The lowest BCUT2D eigenvalue weighted by Gasteiger charge is -2.06. The van der Waals surface area contributed by atoms with Crippen LogP contribution in [0.15, 0.2) is 65.1 Å². The fourth-order valence-corrected chi connectivity index (χ4v) is 1.92. The van der Waals surface area contributed by atoms with Crippen molar-refractivity contribution >= 4 is 6.29 Å². The number of benzene rings is 2. The largest absolute Gasteiger partial charge is 0.457 e. The van der Waals surface area contributed by atoms with Crippen LogP contribution in [0.4, 0.5) is 4.39 Å². The molecule has 21 heavy (non-hydrogen) atoms. The molecular formula is C17H11FO3. The van der Waals surface area contributed by atoms with E-state index in [9.17, 15) is 9.18 Å². The van der Waals surface area contributed by atoms with Crippen LogP contribution in [0, 0.1) is 5.82 Å². The Hall–Kier alpha value is -2.88. The summed E-state index contributed by atoms with van der Waals surface area (Å²) in [5.41, 5.74) is 0.794. The summed E-state index contributed by atoms with van der Waals surface area (Å²) in [5.74, 6) is 1.69. The third-order valence-corrected chi connectivity index (χ3v) is 2.91. The first-order chi connectivity index (χ1) is 10.2. The molecule has 1 aromatic heterocycles. The molecule has 1 heterocycles. The normalized spacial score (nSPS) is 10.3. The van der Waals surface area contributed by atoms with Crippen molar-refractivity contribution in [2.45, 2.75) is 0 Å². The molecular weight excluding hydrogens is 271 g/mol. The van der Waals surface area contributed by atoms with Crippen molar-refractivity contribution in [3.8, 4) is 22.8 Å². The van der Waals surface area contributed by atoms with Crippen molar-refractivity contribution in [1.82, 2.24) is 0 Å². The third-order valence-electron chi connectivity index (χ3n) is 2.91. The maximum absolute atomic E-state index is 12.9. The number of ether oxygens (including phenoxy) is 1. The first kappa shape index (κ1) is 13.1. The zero-order valence-electron chi connectivity index (χ0n) is 11.0. The van der Waals surface area contributed by atoms with Gasteiger partial charge in [0.1, 0.15) is 23.1 Å². The summed E-state index contributed by atoms with van der Waals surface area (Å²) in [7, 11) is 0. The first-order valence-electron chi connectivity index (χ1n) is 6.33. The van der Waals surface area contributed by atoms with Crippen molar-refractivity contribution in [3.63, 3.8) is 0 Å². The summed E-state index contributed by atoms with van der Waals surface area (Å²) in [4.78, 5) is 10.6. The lowest BCUT2D eigenvalue weighted by Crippen LogP contribution is -1.85. The van der Waals surface area contributed by atoms with Gasteiger partial charge in [-0.3, -0.25) is 4.79 Å². The molecule has 3 nitrogen and oxygen atoms in total. The number of hydrogen-bond acceptors (Lipinski definition) is 3. The Labute approximate surface area is 120 Å². The molecule has 2 aromatic carbocycles. The van der Waals surface area contributed by atoms with E-state index in [1.54, 1.807) is 36.4 Å². The highest BCUT2D eigenvalue weighted by Crippen LogP contribution is 2.28. The minimum atomic E-state index is -0.312. The van der Waals surface area contributed by atoms with Gasteiger partial charge in [-0.05, 0) is 48.5 Å². The molecule has 4 heteroatoms. The number of furan rings is 1. The molecule has 3 rings (SSSR count). The lowest BCUT2D eigenvalue weighted by atomic mass is 10.1. The van der Waals surface area contributed by atoms with E-state index >= 15 is 0 Å². The van der Waals surface area contributed by atoms with E-state index in [1.807, 2.05) is 12.1 Å². The monoisotopic (exact) mass is 282 g/mol. The van der Waals surface area contributed by atoms with Crippen LogP contribution in [0.2, 0.25) is 0 Å². The van der Waals surface area contributed by atoms with E-state index < -0.39 is 0 Å². The SMILES string of the molecule is O=Cc1ccc(-c2cccc(Oc3ccc(F)cc3)c2)o1. The lowest BCUT2D eigenvalue weighted by molar-refractivity contribution is 0.110. The number of hydrogen-bond donors (Lipinski definition) is 0. The van der Waals surface area contributed by atoms with Crippen LogP contribution in [-0.4, -0.2) is 6.29 Å². The molecule has 0 amide bonds. The molecule has 0 saturated carbocycles. The Bertz CT molecular complexity index is 760. The van der Waals surface area contributed by atoms with Gasteiger partial charge in [-0.15, -0.1) is 0 Å². The molecule has 0 spiro atoms. The predicted molar refractivity (Wildman–Crippen MR) is 76.0 cm³/mol. The maximum Gasteiger partial charge on any atom is 0.185 e. The molecule has 3 aromatic rings. The van der Waals surface area contributed by atoms with Crippen LogP contribution in [0.3, 0.4) is 0 Å². The van der Waals surface area contributed by atoms with Gasteiger partial charge in [0.05, 0.1) is 0 Å². The first-order valence-corrected chi connectivity index (χ1v) is 6.33. The smallest absolute Gasteiger partial charge is 0.185 e. The van der Waals surface area contributed by atoms with Crippen LogP contribution < -0.4 is 4.74 Å². The van der Waals surface area contributed by atoms with Crippen LogP contribution >= 0.6 is 0 Å². The van der Waals surface area contributed by atoms with Gasteiger partial charge in [-0.1, -0.05) is 12.1 Å². The molecule has 0 bridgehead atoms. The second-order valence-electron chi connectivity index (χ2n) is 4.40. The van der Waals surface area contributed by atoms with E-state index in [-0.39, 0.29) is 11.6 Å². The summed E-state index contributed by atoms with van der Waals surface area (Å²) in [5, 5.41) is 0. The van der Waals surface area contributed by atoms with Gasteiger partial charge in [0.25, 0.3) is 0 Å². The highest BCUT2D eigenvalue weighted by molar-refractivity contribution is 5.73. The van der Waals surface area contributed by atoms with Gasteiger partial charge in [0.15, 0.2) is 12.0 Å². The number of carbonyl (C=O) groups is 1. The molecule has 0 unspecified atom stereocenters. The van der Waals surface area contributed by atoms with Gasteiger partial charge < -0.3 is 9.15 Å². The molecule has 0 aliphatic heterocycles. The molecule has 0 radical (unpaired) electrons. The zero-order chi connectivity index (χ0) is 14.7. The van der Waals surface area contributed by atoms with Gasteiger partial charge in [0, 0.05) is 5.56 Å². The maximum atomic E-state index is 12.9. The molecule has 0 aliphatic rings. The van der Waals surface area contributed by atoms with E-state index in [2.05, 4.69) is 0 Å². The second-order valence-corrected chi connectivity index (χ2v) is 4.40. The topological polar surface area (TPSA) is 39.4 Å². The summed E-state index contributed by atoms with van der Waals surface area (Å²) >= 11 is 0. The Kier molecular flexibility index (Phi) is 3.51. The Morgan fingerprint density at radius 1 is 0.952 bits per heavy atom. The predicted octanol–water partition coefficient (Wildman–Crippen LogP) is 4.69. The number of rotatable bonds is 4. The van der Waals surface area contributed by atoms with Crippen LogP contribution in [0.25, 0.3) is 11.3 Å². The van der Waals surface area contributed by atoms with E-state index in [0.717, 1.165) is 5.56 Å². The van der Waals surface area contributed by atoms with Crippen molar-refractivity contribution < 1.29 is 18.3 Å². The van der Waals surface area contributed by atoms with E-state index in [0.29, 0.717) is 23.5 Å². The molecule has 0 fully saturated rings. The van der Waals surface area contributed by atoms with Gasteiger partial charge in [-0.2, -0.15) is 0 Å². The van der Waals surface area contributed by atoms with Gasteiger partial charge in [0.2, 0.25) is 0 Å². The average Bonchev–Trinajstić information content (AvgIpc) is 2.99. The Balaban J connectivity index is 1.85. The minimum Gasteiger partial charge on any atom is -0.457 e. The number of aldehydes is 1. The minimum absolute atomic E-state index is 0.273. The van der Waals surface area contributed by atoms with Crippen LogP contribution in [0.5, 0.6) is 11.5 Å². The van der Waals surface area contributed by atoms with Crippen molar-refractivity contribution in [2.24, 2.45) is 0 Å². The van der Waals surface area contributed by atoms with Gasteiger partial charge in [-0.25, -0.2) is 4.39 Å². The van der Waals surface area contributed by atoms with E-state index in [4.69, 9.17) is 9.15 Å². The third kappa shape index (κ3) is 3.00. The molecule has 0 N–H and O–H groups in total. The summed E-state index contributed by atoms with van der Waals surface area (Å²) in [6.07, 6.45) is 0.655. The Morgan fingerprint density at radius 3 is 2.48 bits per heavy atom. The van der Waals surface area contributed by atoms with Crippen molar-refractivity contribution in [1.29, 1.82) is 0 Å². The quantitative estimate of drug-likeness (QED) is 0.652. The summed E-state index contributed by atoms with van der Waals surface area (Å²) in [6, 6.07) is 16.4. The molecule has 0 atom stereocenters. The fraction of sp³-hybridized carbons (Fsp3) is 0. The molecule has 104 valence electrons. The average molecular weight is 282 g/mol. The van der Waals surface area contributed by atoms with E-state index in [1.165, 1.54) is 12.1 Å². The Morgan fingerprint density at radius 2 is 1.76 bits per heavy atom. The zero-order valence-corrected chi connectivity index (χ0v) is 11.0. The number of carbonyl (C=O) groups excluding carboxylic acids is 1.